The van der Waals surface area contributed by atoms with Crippen molar-refractivity contribution in [1.82, 2.24) is 10.2 Å². The van der Waals surface area contributed by atoms with Crippen molar-refractivity contribution < 1.29 is 13.2 Å². The Kier molecular flexibility index (Phi) is 3.45. The van der Waals surface area contributed by atoms with E-state index >= 15 is 0 Å². The summed E-state index contributed by atoms with van der Waals surface area (Å²) >= 11 is 0. The third kappa shape index (κ3) is 2.69. The zero-order valence-corrected chi connectivity index (χ0v) is 9.56. The molecule has 1 heterocycles. The van der Waals surface area contributed by atoms with Crippen LogP contribution in [0.25, 0.3) is 0 Å². The van der Waals surface area contributed by atoms with Gasteiger partial charge in [0.25, 0.3) is 0 Å². The van der Waals surface area contributed by atoms with Crippen LogP contribution < -0.4 is 5.32 Å². The fourth-order valence-corrected chi connectivity index (χ4v) is 2.58. The highest BCUT2D eigenvalue weighted by Gasteiger charge is 2.46. The van der Waals surface area contributed by atoms with Gasteiger partial charge >= 0.3 is 6.18 Å². The van der Waals surface area contributed by atoms with Crippen molar-refractivity contribution in [3.05, 3.63) is 0 Å². The van der Waals surface area contributed by atoms with Crippen molar-refractivity contribution in [3.8, 4) is 0 Å². The Hall–Kier alpha value is -0.290. The number of nitrogens with zero attached hydrogens (tertiary/aromatic N) is 1. The van der Waals surface area contributed by atoms with Crippen LogP contribution in [0.15, 0.2) is 0 Å². The van der Waals surface area contributed by atoms with Crippen molar-refractivity contribution in [2.75, 3.05) is 26.2 Å². The van der Waals surface area contributed by atoms with E-state index in [1.165, 1.54) is 0 Å². The first-order valence-corrected chi connectivity index (χ1v) is 6.04. The molecule has 0 bridgehead atoms. The van der Waals surface area contributed by atoms with E-state index in [-0.39, 0.29) is 13.1 Å². The summed E-state index contributed by atoms with van der Waals surface area (Å²) in [5, 5.41) is 2.89. The standard InChI is InChI=1S/C11H19F3N2/c1-2-8-5-10(8)16-4-3-15-6-9(7-16)11(12,13)14/h8-10,15H,2-7H2,1H3. The molecule has 1 saturated carbocycles. The highest BCUT2D eigenvalue weighted by atomic mass is 19.4. The summed E-state index contributed by atoms with van der Waals surface area (Å²) in [6, 6.07) is 0.412. The predicted octanol–water partition coefficient (Wildman–Crippen LogP) is 1.87. The summed E-state index contributed by atoms with van der Waals surface area (Å²) in [6.45, 7) is 3.80. The summed E-state index contributed by atoms with van der Waals surface area (Å²) in [5.74, 6) is -0.569. The van der Waals surface area contributed by atoms with E-state index in [2.05, 4.69) is 12.2 Å². The molecule has 5 heteroatoms. The lowest BCUT2D eigenvalue weighted by molar-refractivity contribution is -0.176. The van der Waals surface area contributed by atoms with Gasteiger partial charge in [-0.2, -0.15) is 13.2 Å². The van der Waals surface area contributed by atoms with Gasteiger partial charge in [-0.3, -0.25) is 4.90 Å². The minimum absolute atomic E-state index is 0.0729. The molecule has 3 atom stereocenters. The number of rotatable bonds is 2. The van der Waals surface area contributed by atoms with Crippen molar-refractivity contribution in [2.24, 2.45) is 11.8 Å². The maximum atomic E-state index is 12.7. The van der Waals surface area contributed by atoms with Crippen LogP contribution >= 0.6 is 0 Å². The van der Waals surface area contributed by atoms with E-state index in [0.717, 1.165) is 19.4 Å². The number of hydrogen-bond acceptors (Lipinski definition) is 2. The van der Waals surface area contributed by atoms with Crippen LogP contribution in [0.3, 0.4) is 0 Å². The Morgan fingerprint density at radius 1 is 1.38 bits per heavy atom. The second-order valence-electron chi connectivity index (χ2n) is 4.91. The van der Waals surface area contributed by atoms with Gasteiger partial charge in [-0.25, -0.2) is 0 Å². The topological polar surface area (TPSA) is 15.3 Å². The van der Waals surface area contributed by atoms with Gasteiger partial charge in [-0.1, -0.05) is 13.3 Å². The summed E-state index contributed by atoms with van der Waals surface area (Å²) < 4.78 is 38.1. The minimum Gasteiger partial charge on any atom is -0.315 e. The number of alkyl halides is 3. The molecule has 2 nitrogen and oxygen atoms in total. The first-order valence-electron chi connectivity index (χ1n) is 6.04. The largest absolute Gasteiger partial charge is 0.394 e. The molecular weight excluding hydrogens is 217 g/mol. The number of halogens is 3. The quantitative estimate of drug-likeness (QED) is 0.787. The molecule has 2 rings (SSSR count). The highest BCUT2D eigenvalue weighted by molar-refractivity contribution is 4.96. The van der Waals surface area contributed by atoms with E-state index in [1.807, 2.05) is 4.90 Å². The van der Waals surface area contributed by atoms with Crippen LogP contribution in [0.1, 0.15) is 19.8 Å². The Balaban J connectivity index is 1.94. The van der Waals surface area contributed by atoms with Crippen LogP contribution in [0, 0.1) is 11.8 Å². The average molecular weight is 236 g/mol. The zero-order valence-electron chi connectivity index (χ0n) is 9.56. The molecule has 16 heavy (non-hydrogen) atoms. The monoisotopic (exact) mass is 236 g/mol. The molecule has 0 aromatic rings. The Bertz CT molecular complexity index is 242. The maximum absolute atomic E-state index is 12.7. The van der Waals surface area contributed by atoms with Gasteiger partial charge in [0.2, 0.25) is 0 Å². The molecule has 94 valence electrons. The molecule has 2 aliphatic rings. The summed E-state index contributed by atoms with van der Waals surface area (Å²) in [6.07, 6.45) is -1.89. The van der Waals surface area contributed by atoms with Gasteiger partial charge in [0.05, 0.1) is 5.92 Å². The second-order valence-corrected chi connectivity index (χ2v) is 4.91. The fraction of sp³-hybridized carbons (Fsp3) is 1.00. The molecule has 0 spiro atoms. The maximum Gasteiger partial charge on any atom is 0.394 e. The van der Waals surface area contributed by atoms with Crippen LogP contribution in [0.2, 0.25) is 0 Å². The van der Waals surface area contributed by atoms with Gasteiger partial charge < -0.3 is 5.32 Å². The summed E-state index contributed by atoms with van der Waals surface area (Å²) in [4.78, 5) is 2.03. The fourth-order valence-electron chi connectivity index (χ4n) is 2.58. The van der Waals surface area contributed by atoms with Gasteiger partial charge in [0.1, 0.15) is 0 Å². The van der Waals surface area contributed by atoms with E-state index in [1.54, 1.807) is 0 Å². The molecule has 3 unspecified atom stereocenters. The van der Waals surface area contributed by atoms with E-state index in [4.69, 9.17) is 0 Å². The highest BCUT2D eigenvalue weighted by Crippen LogP contribution is 2.39. The molecular formula is C11H19F3N2. The first kappa shape index (κ1) is 12.2. The molecule has 1 aliphatic heterocycles. The third-order valence-electron chi connectivity index (χ3n) is 3.76. The summed E-state index contributed by atoms with van der Waals surface area (Å²) in [7, 11) is 0. The van der Waals surface area contributed by atoms with Crippen molar-refractivity contribution in [2.45, 2.75) is 32.0 Å². The van der Waals surface area contributed by atoms with E-state index in [0.29, 0.717) is 18.5 Å². The molecule has 0 radical (unpaired) electrons. The lowest BCUT2D eigenvalue weighted by Crippen LogP contribution is -2.39. The van der Waals surface area contributed by atoms with Gasteiger partial charge in [0, 0.05) is 32.2 Å². The lowest BCUT2D eigenvalue weighted by atomic mass is 10.1. The Morgan fingerprint density at radius 2 is 2.12 bits per heavy atom. The smallest absolute Gasteiger partial charge is 0.315 e. The van der Waals surface area contributed by atoms with Crippen LogP contribution in [0.4, 0.5) is 13.2 Å². The number of nitrogens with one attached hydrogen (secondary N) is 1. The average Bonchev–Trinajstić information content (AvgIpc) is 2.99. The van der Waals surface area contributed by atoms with E-state index in [9.17, 15) is 13.2 Å². The molecule has 0 amide bonds. The number of hydrogen-bond donors (Lipinski definition) is 1. The normalized spacial score (nSPS) is 37.1. The van der Waals surface area contributed by atoms with Gasteiger partial charge in [0.15, 0.2) is 0 Å². The lowest BCUT2D eigenvalue weighted by Gasteiger charge is -2.25. The molecule has 0 aromatic carbocycles. The van der Waals surface area contributed by atoms with Crippen LogP contribution in [0.5, 0.6) is 0 Å². The summed E-state index contributed by atoms with van der Waals surface area (Å²) in [5.41, 5.74) is 0. The Labute approximate surface area is 94.2 Å². The van der Waals surface area contributed by atoms with Gasteiger partial charge in [-0.15, -0.1) is 0 Å². The Morgan fingerprint density at radius 3 is 2.69 bits per heavy atom. The molecule has 1 aliphatic carbocycles. The second kappa shape index (κ2) is 4.53. The van der Waals surface area contributed by atoms with Crippen molar-refractivity contribution in [3.63, 3.8) is 0 Å². The van der Waals surface area contributed by atoms with Gasteiger partial charge in [-0.05, 0) is 12.3 Å². The SMILES string of the molecule is CCC1CC1N1CCNCC(C(F)(F)F)C1. The predicted molar refractivity (Wildman–Crippen MR) is 56.2 cm³/mol. The van der Waals surface area contributed by atoms with Crippen LogP contribution in [-0.2, 0) is 0 Å². The molecule has 2 fully saturated rings. The van der Waals surface area contributed by atoms with E-state index < -0.39 is 12.1 Å². The minimum atomic E-state index is -4.06. The molecule has 1 N–H and O–H groups in total. The third-order valence-corrected chi connectivity index (χ3v) is 3.76. The first-order chi connectivity index (χ1) is 7.52. The molecule has 1 saturated heterocycles. The van der Waals surface area contributed by atoms with Crippen molar-refractivity contribution >= 4 is 0 Å². The van der Waals surface area contributed by atoms with Crippen molar-refractivity contribution in [1.29, 1.82) is 0 Å². The molecule has 0 aromatic heterocycles. The zero-order chi connectivity index (χ0) is 11.8. The van der Waals surface area contributed by atoms with Crippen LogP contribution in [-0.4, -0.2) is 43.3 Å².